The number of carbonyl (C=O) groups is 3. The molecule has 1 rings (SSSR count). The van der Waals surface area contributed by atoms with Gasteiger partial charge in [-0.05, 0) is 40.2 Å². The van der Waals surface area contributed by atoms with Gasteiger partial charge in [-0.15, -0.1) is 0 Å². The molecular weight excluding hydrogens is 332 g/mol. The van der Waals surface area contributed by atoms with Crippen molar-refractivity contribution in [2.75, 3.05) is 6.61 Å². The Balaban J connectivity index is 2.71. The van der Waals surface area contributed by atoms with Gasteiger partial charge < -0.3 is 15.0 Å². The molecule has 0 aliphatic rings. The minimum atomic E-state index is -0.523. The fourth-order valence-corrected chi connectivity index (χ4v) is 2.91. The van der Waals surface area contributed by atoms with E-state index in [-0.39, 0.29) is 36.9 Å². The van der Waals surface area contributed by atoms with Gasteiger partial charge in [0.05, 0.1) is 12.5 Å². The maximum atomic E-state index is 12.3. The molecule has 0 spiro atoms. The first kappa shape index (κ1) is 21.7. The van der Waals surface area contributed by atoms with E-state index in [2.05, 4.69) is 5.32 Å². The van der Waals surface area contributed by atoms with Crippen molar-refractivity contribution in [1.29, 1.82) is 0 Å². The molecule has 1 atom stereocenters. The third-order valence-corrected chi connectivity index (χ3v) is 3.99. The smallest absolute Gasteiger partial charge is 0.308 e. The van der Waals surface area contributed by atoms with Crippen LogP contribution in [0.1, 0.15) is 58.2 Å². The van der Waals surface area contributed by atoms with E-state index >= 15 is 0 Å². The Labute approximate surface area is 155 Å². The highest BCUT2D eigenvalue weighted by Gasteiger charge is 2.23. The summed E-state index contributed by atoms with van der Waals surface area (Å²) in [4.78, 5) is 37.6. The molecule has 1 aromatic rings. The standard InChI is InChI=1S/C20H30N2O4/c1-13(2)22(14(3)4)19(24)12-26-20(25)11-18(21-16(6)23)17-9-7-15(5)8-10-17/h7-10,13-14,18H,11-12H2,1-6H3,(H,21,23). The first-order valence-electron chi connectivity index (χ1n) is 8.92. The molecule has 0 saturated carbocycles. The monoisotopic (exact) mass is 362 g/mol. The Morgan fingerprint density at radius 3 is 2.04 bits per heavy atom. The molecule has 0 aliphatic heterocycles. The van der Waals surface area contributed by atoms with E-state index in [4.69, 9.17) is 4.74 Å². The van der Waals surface area contributed by atoms with Crippen LogP contribution >= 0.6 is 0 Å². The van der Waals surface area contributed by atoms with Crippen molar-refractivity contribution >= 4 is 17.8 Å². The fraction of sp³-hybridized carbons (Fsp3) is 0.550. The number of rotatable bonds is 8. The van der Waals surface area contributed by atoms with Crippen molar-refractivity contribution in [2.24, 2.45) is 0 Å². The Bertz CT molecular complexity index is 615. The number of hydrogen-bond acceptors (Lipinski definition) is 4. The average Bonchev–Trinajstić information content (AvgIpc) is 2.52. The number of benzene rings is 1. The molecular formula is C20H30N2O4. The Hall–Kier alpha value is -2.37. The van der Waals surface area contributed by atoms with Crippen LogP contribution in [0.2, 0.25) is 0 Å². The number of carbonyl (C=O) groups excluding carboxylic acids is 3. The van der Waals surface area contributed by atoms with Crippen LogP contribution in [-0.2, 0) is 19.1 Å². The zero-order valence-corrected chi connectivity index (χ0v) is 16.5. The summed E-state index contributed by atoms with van der Waals surface area (Å²) in [7, 11) is 0. The third kappa shape index (κ3) is 6.86. The number of ether oxygens (including phenoxy) is 1. The van der Waals surface area contributed by atoms with Crippen molar-refractivity contribution in [3.05, 3.63) is 35.4 Å². The average molecular weight is 362 g/mol. The highest BCUT2D eigenvalue weighted by Crippen LogP contribution is 2.18. The molecule has 0 saturated heterocycles. The summed E-state index contributed by atoms with van der Waals surface area (Å²) in [6, 6.07) is 7.15. The molecule has 0 heterocycles. The van der Waals surface area contributed by atoms with Gasteiger partial charge in [-0.2, -0.15) is 0 Å². The molecule has 1 N–H and O–H groups in total. The minimum absolute atomic E-state index is 0.0285. The lowest BCUT2D eigenvalue weighted by Crippen LogP contribution is -2.44. The highest BCUT2D eigenvalue weighted by molar-refractivity contribution is 5.81. The van der Waals surface area contributed by atoms with Crippen LogP contribution in [0.4, 0.5) is 0 Å². The Kier molecular flexibility index (Phi) is 8.29. The van der Waals surface area contributed by atoms with Crippen molar-refractivity contribution < 1.29 is 19.1 Å². The van der Waals surface area contributed by atoms with E-state index in [1.807, 2.05) is 58.9 Å². The van der Waals surface area contributed by atoms with Crippen LogP contribution in [-0.4, -0.2) is 41.4 Å². The van der Waals surface area contributed by atoms with Crippen LogP contribution in [0.5, 0.6) is 0 Å². The Morgan fingerprint density at radius 2 is 1.58 bits per heavy atom. The number of nitrogens with zero attached hydrogens (tertiary/aromatic N) is 1. The molecule has 1 aromatic carbocycles. The summed E-state index contributed by atoms with van der Waals surface area (Å²) in [6.07, 6.45) is -0.0285. The highest BCUT2D eigenvalue weighted by atomic mass is 16.5. The second-order valence-corrected chi connectivity index (χ2v) is 7.02. The topological polar surface area (TPSA) is 75.7 Å². The predicted octanol–water partition coefficient (Wildman–Crippen LogP) is 2.75. The number of esters is 1. The zero-order valence-electron chi connectivity index (χ0n) is 16.5. The molecule has 26 heavy (non-hydrogen) atoms. The van der Waals surface area contributed by atoms with E-state index in [0.717, 1.165) is 11.1 Å². The van der Waals surface area contributed by atoms with Gasteiger partial charge in [-0.25, -0.2) is 0 Å². The van der Waals surface area contributed by atoms with E-state index in [1.165, 1.54) is 6.92 Å². The molecule has 0 aromatic heterocycles. The lowest BCUT2D eigenvalue weighted by atomic mass is 10.0. The van der Waals surface area contributed by atoms with Crippen molar-refractivity contribution in [3.8, 4) is 0 Å². The van der Waals surface area contributed by atoms with Crippen LogP contribution in [0.15, 0.2) is 24.3 Å². The van der Waals surface area contributed by atoms with E-state index in [0.29, 0.717) is 0 Å². The van der Waals surface area contributed by atoms with E-state index < -0.39 is 12.0 Å². The third-order valence-electron chi connectivity index (χ3n) is 3.99. The fourth-order valence-electron chi connectivity index (χ4n) is 2.91. The van der Waals surface area contributed by atoms with E-state index in [1.54, 1.807) is 4.90 Å². The number of nitrogens with one attached hydrogen (secondary N) is 1. The molecule has 0 fully saturated rings. The van der Waals surface area contributed by atoms with Gasteiger partial charge in [-0.1, -0.05) is 29.8 Å². The van der Waals surface area contributed by atoms with Crippen LogP contribution < -0.4 is 5.32 Å². The molecule has 1 unspecified atom stereocenters. The largest absolute Gasteiger partial charge is 0.455 e. The van der Waals surface area contributed by atoms with Gasteiger partial charge in [0.15, 0.2) is 6.61 Å². The van der Waals surface area contributed by atoms with E-state index in [9.17, 15) is 14.4 Å². The summed E-state index contributed by atoms with van der Waals surface area (Å²) in [5.74, 6) is -0.981. The summed E-state index contributed by atoms with van der Waals surface area (Å²) in [5.41, 5.74) is 1.91. The normalized spacial score (nSPS) is 12.0. The second kappa shape index (κ2) is 9.94. The van der Waals surface area contributed by atoms with Crippen molar-refractivity contribution in [2.45, 2.75) is 66.1 Å². The molecule has 0 radical (unpaired) electrons. The summed E-state index contributed by atoms with van der Waals surface area (Å²) >= 11 is 0. The maximum absolute atomic E-state index is 12.3. The van der Waals surface area contributed by atoms with Gasteiger partial charge in [0.2, 0.25) is 5.91 Å². The maximum Gasteiger partial charge on any atom is 0.308 e. The molecule has 2 amide bonds. The molecule has 6 nitrogen and oxygen atoms in total. The number of amides is 2. The second-order valence-electron chi connectivity index (χ2n) is 7.02. The van der Waals surface area contributed by atoms with Gasteiger partial charge >= 0.3 is 5.97 Å². The lowest BCUT2D eigenvalue weighted by Gasteiger charge is -2.30. The first-order chi connectivity index (χ1) is 12.1. The molecule has 0 aliphatic carbocycles. The number of aryl methyl sites for hydroxylation is 1. The van der Waals surface area contributed by atoms with Gasteiger partial charge in [0, 0.05) is 19.0 Å². The SMILES string of the molecule is CC(=O)NC(CC(=O)OCC(=O)N(C(C)C)C(C)C)c1ccc(C)cc1. The quantitative estimate of drug-likeness (QED) is 0.722. The van der Waals surface area contributed by atoms with Gasteiger partial charge in [-0.3, -0.25) is 14.4 Å². The summed E-state index contributed by atoms with van der Waals surface area (Å²) in [5, 5.41) is 2.76. The molecule has 144 valence electrons. The summed E-state index contributed by atoms with van der Waals surface area (Å²) < 4.78 is 5.16. The van der Waals surface area contributed by atoms with Crippen molar-refractivity contribution in [3.63, 3.8) is 0 Å². The number of hydrogen-bond donors (Lipinski definition) is 1. The van der Waals surface area contributed by atoms with Crippen molar-refractivity contribution in [1.82, 2.24) is 10.2 Å². The summed E-state index contributed by atoms with van der Waals surface area (Å²) in [6.45, 7) is 10.8. The first-order valence-corrected chi connectivity index (χ1v) is 8.92. The molecule has 6 heteroatoms. The van der Waals surface area contributed by atoms with Gasteiger partial charge in [0.25, 0.3) is 5.91 Å². The van der Waals surface area contributed by atoms with Gasteiger partial charge in [0.1, 0.15) is 0 Å². The zero-order chi connectivity index (χ0) is 19.9. The van der Waals surface area contributed by atoms with Crippen LogP contribution in [0.25, 0.3) is 0 Å². The Morgan fingerprint density at radius 1 is 1.04 bits per heavy atom. The molecule has 0 bridgehead atoms. The lowest BCUT2D eigenvalue weighted by molar-refractivity contribution is -0.154. The van der Waals surface area contributed by atoms with Crippen LogP contribution in [0, 0.1) is 6.92 Å². The predicted molar refractivity (Wildman–Crippen MR) is 100 cm³/mol. The minimum Gasteiger partial charge on any atom is -0.455 e. The van der Waals surface area contributed by atoms with Crippen LogP contribution in [0.3, 0.4) is 0 Å².